The molecule has 0 aliphatic carbocycles. The maximum Gasteiger partial charge on any atom is 0.256 e. The maximum absolute atomic E-state index is 11.7. The van der Waals surface area contributed by atoms with Crippen molar-refractivity contribution in [3.8, 4) is 0 Å². The predicted molar refractivity (Wildman–Crippen MR) is 77.9 cm³/mol. The molecule has 1 unspecified atom stereocenters. The van der Waals surface area contributed by atoms with Gasteiger partial charge < -0.3 is 8.38 Å². The first-order valence-corrected chi connectivity index (χ1v) is 6.58. The minimum absolute atomic E-state index is 0.229. The van der Waals surface area contributed by atoms with Gasteiger partial charge in [-0.2, -0.15) is 0 Å². The summed E-state index contributed by atoms with van der Waals surface area (Å²) in [5.41, 5.74) is 0.760. The summed E-state index contributed by atoms with van der Waals surface area (Å²) in [5, 5.41) is 3.23. The van der Waals surface area contributed by atoms with Crippen LogP contribution in [0, 0.1) is 0 Å². The lowest BCUT2D eigenvalue weighted by molar-refractivity contribution is -0.125. The third-order valence-corrected chi connectivity index (χ3v) is 3.05. The molecule has 0 aromatic heterocycles. The number of hydrogen-bond donors (Lipinski definition) is 1. The standard InChI is InChI=1S/C10H15IN2O2S/c1-5-7(2)6-8(15-11)9(14)13-10(12-3)16-4/h5,8H,1-2,6H2,3-4H3,(H,12,13,14). The average molecular weight is 354 g/mol. The molecule has 0 aromatic carbocycles. The molecule has 0 rings (SSSR count). The zero-order valence-electron chi connectivity index (χ0n) is 9.33. The summed E-state index contributed by atoms with van der Waals surface area (Å²) >= 11 is 3.07. The molecule has 0 fully saturated rings. The third-order valence-electron chi connectivity index (χ3n) is 1.76. The van der Waals surface area contributed by atoms with E-state index in [0.717, 1.165) is 5.57 Å². The molecule has 0 spiro atoms. The second kappa shape index (κ2) is 8.77. The SMILES string of the molecule is C=CC(=C)CC(OI)C(=O)N/C(=N/C)SC. The van der Waals surface area contributed by atoms with Crippen LogP contribution < -0.4 is 5.32 Å². The second-order valence-corrected chi connectivity index (χ2v) is 4.17. The lowest BCUT2D eigenvalue weighted by Crippen LogP contribution is -2.37. The fourth-order valence-electron chi connectivity index (χ4n) is 0.870. The number of amides is 1. The van der Waals surface area contributed by atoms with Gasteiger partial charge in [-0.05, 0) is 6.26 Å². The molecule has 90 valence electrons. The number of nitrogens with zero attached hydrogens (tertiary/aromatic N) is 1. The van der Waals surface area contributed by atoms with E-state index in [-0.39, 0.29) is 5.91 Å². The van der Waals surface area contributed by atoms with Gasteiger partial charge in [0, 0.05) is 13.5 Å². The van der Waals surface area contributed by atoms with Crippen LogP contribution in [0.5, 0.6) is 0 Å². The first kappa shape index (κ1) is 15.7. The second-order valence-electron chi connectivity index (χ2n) is 2.87. The molecule has 0 aliphatic heterocycles. The monoisotopic (exact) mass is 354 g/mol. The largest absolute Gasteiger partial charge is 0.303 e. The quantitative estimate of drug-likeness (QED) is 0.357. The first-order chi connectivity index (χ1) is 7.58. The molecule has 0 saturated heterocycles. The van der Waals surface area contributed by atoms with Crippen LogP contribution in [0.3, 0.4) is 0 Å². The molecule has 0 bridgehead atoms. The molecule has 4 nitrogen and oxygen atoms in total. The Morgan fingerprint density at radius 1 is 1.75 bits per heavy atom. The van der Waals surface area contributed by atoms with Crippen LogP contribution in [0.1, 0.15) is 6.42 Å². The highest BCUT2D eigenvalue weighted by atomic mass is 127. The highest BCUT2D eigenvalue weighted by Gasteiger charge is 2.20. The number of thioether (sulfide) groups is 1. The van der Waals surface area contributed by atoms with Gasteiger partial charge in [-0.25, -0.2) is 0 Å². The van der Waals surface area contributed by atoms with Gasteiger partial charge in [-0.1, -0.05) is 36.6 Å². The molecule has 0 heterocycles. The topological polar surface area (TPSA) is 50.7 Å². The number of carbonyl (C=O) groups is 1. The number of halogens is 1. The van der Waals surface area contributed by atoms with Crippen molar-refractivity contribution in [2.75, 3.05) is 13.3 Å². The van der Waals surface area contributed by atoms with Crippen LogP contribution in [0.25, 0.3) is 0 Å². The van der Waals surface area contributed by atoms with Crippen molar-refractivity contribution in [3.05, 3.63) is 24.8 Å². The molecule has 16 heavy (non-hydrogen) atoms. The Morgan fingerprint density at radius 3 is 2.75 bits per heavy atom. The number of aliphatic imine (C=N–C) groups is 1. The lowest BCUT2D eigenvalue weighted by Gasteiger charge is -2.14. The Labute approximate surface area is 114 Å². The molecular formula is C10H15IN2O2S. The molecule has 0 aromatic rings. The van der Waals surface area contributed by atoms with Crippen molar-refractivity contribution in [3.63, 3.8) is 0 Å². The van der Waals surface area contributed by atoms with E-state index in [1.54, 1.807) is 36.1 Å². The van der Waals surface area contributed by atoms with E-state index in [1.165, 1.54) is 11.8 Å². The number of nitrogens with one attached hydrogen (secondary N) is 1. The van der Waals surface area contributed by atoms with Crippen molar-refractivity contribution in [2.24, 2.45) is 4.99 Å². The summed E-state index contributed by atoms with van der Waals surface area (Å²) in [6, 6.07) is 0. The van der Waals surface area contributed by atoms with E-state index in [0.29, 0.717) is 11.6 Å². The van der Waals surface area contributed by atoms with E-state index in [4.69, 9.17) is 3.07 Å². The maximum atomic E-state index is 11.7. The minimum Gasteiger partial charge on any atom is -0.303 e. The zero-order valence-corrected chi connectivity index (χ0v) is 12.3. The van der Waals surface area contributed by atoms with Gasteiger partial charge >= 0.3 is 0 Å². The van der Waals surface area contributed by atoms with Crippen molar-refractivity contribution in [2.45, 2.75) is 12.5 Å². The fraction of sp³-hybridized carbons (Fsp3) is 0.400. The molecule has 0 aliphatic rings. The van der Waals surface area contributed by atoms with Crippen LogP contribution in [0.2, 0.25) is 0 Å². The van der Waals surface area contributed by atoms with Crippen LogP contribution in [-0.4, -0.2) is 30.5 Å². The number of amidine groups is 1. The third kappa shape index (κ3) is 5.66. The highest BCUT2D eigenvalue weighted by molar-refractivity contribution is 14.1. The van der Waals surface area contributed by atoms with Crippen molar-refractivity contribution < 1.29 is 7.86 Å². The summed E-state index contributed by atoms with van der Waals surface area (Å²) in [6.07, 6.45) is 3.30. The first-order valence-electron chi connectivity index (χ1n) is 4.48. The highest BCUT2D eigenvalue weighted by Crippen LogP contribution is 2.11. The van der Waals surface area contributed by atoms with Crippen molar-refractivity contribution in [1.29, 1.82) is 0 Å². The lowest BCUT2D eigenvalue weighted by atomic mass is 10.1. The molecule has 0 saturated carbocycles. The van der Waals surface area contributed by atoms with E-state index < -0.39 is 6.10 Å². The molecule has 1 amide bonds. The normalized spacial score (nSPS) is 13.1. The molecule has 6 heteroatoms. The number of carbonyl (C=O) groups excluding carboxylic acids is 1. The zero-order chi connectivity index (χ0) is 12.6. The van der Waals surface area contributed by atoms with E-state index in [9.17, 15) is 4.79 Å². The predicted octanol–water partition coefficient (Wildman–Crippen LogP) is 2.32. The van der Waals surface area contributed by atoms with Gasteiger partial charge in [0.25, 0.3) is 5.91 Å². The van der Waals surface area contributed by atoms with Gasteiger partial charge in [0.15, 0.2) is 11.3 Å². The molecule has 1 N–H and O–H groups in total. The summed E-state index contributed by atoms with van der Waals surface area (Å²) in [7, 11) is 1.62. The summed E-state index contributed by atoms with van der Waals surface area (Å²) in [4.78, 5) is 15.7. The van der Waals surface area contributed by atoms with Crippen LogP contribution in [0.4, 0.5) is 0 Å². The Bertz CT molecular complexity index is 305. The van der Waals surface area contributed by atoms with Crippen LogP contribution in [0.15, 0.2) is 29.8 Å². The fourth-order valence-corrected chi connectivity index (χ4v) is 1.67. The van der Waals surface area contributed by atoms with Gasteiger partial charge in [-0.15, -0.1) is 0 Å². The minimum atomic E-state index is -0.574. The van der Waals surface area contributed by atoms with Gasteiger partial charge in [0.1, 0.15) is 23.0 Å². The average Bonchev–Trinajstić information content (AvgIpc) is 2.31. The number of allylic oxidation sites excluding steroid dienone is 1. The van der Waals surface area contributed by atoms with Crippen LogP contribution in [-0.2, 0) is 7.86 Å². The number of hydrogen-bond acceptors (Lipinski definition) is 4. The summed E-state index contributed by atoms with van der Waals surface area (Å²) in [5.74, 6) is -0.229. The Hall–Kier alpha value is -0.340. The molecular weight excluding hydrogens is 339 g/mol. The van der Waals surface area contributed by atoms with Crippen molar-refractivity contribution in [1.82, 2.24) is 5.32 Å². The Balaban J connectivity index is 4.42. The summed E-state index contributed by atoms with van der Waals surface area (Å²) in [6.45, 7) is 7.33. The molecule has 0 radical (unpaired) electrons. The van der Waals surface area contributed by atoms with Crippen LogP contribution >= 0.6 is 34.8 Å². The van der Waals surface area contributed by atoms with E-state index in [2.05, 4.69) is 23.5 Å². The van der Waals surface area contributed by atoms with Gasteiger partial charge in [0.05, 0.1) is 0 Å². The Morgan fingerprint density at radius 2 is 2.38 bits per heavy atom. The molecule has 1 atom stereocenters. The van der Waals surface area contributed by atoms with Gasteiger partial charge in [0.2, 0.25) is 0 Å². The van der Waals surface area contributed by atoms with Gasteiger partial charge in [-0.3, -0.25) is 9.79 Å². The van der Waals surface area contributed by atoms with E-state index >= 15 is 0 Å². The Kier molecular flexibility index (Phi) is 8.58. The number of rotatable bonds is 5. The van der Waals surface area contributed by atoms with Crippen molar-refractivity contribution >= 4 is 45.8 Å². The summed E-state index contributed by atoms with van der Waals surface area (Å²) < 4.78 is 5.06. The smallest absolute Gasteiger partial charge is 0.256 e. The van der Waals surface area contributed by atoms with E-state index in [1.807, 2.05) is 6.26 Å².